The van der Waals surface area contributed by atoms with Gasteiger partial charge < -0.3 is 5.11 Å². The molecular weight excluding hydrogens is 460 g/mol. The van der Waals surface area contributed by atoms with Gasteiger partial charge in [-0.05, 0) is 5.41 Å². The minimum atomic E-state index is -3.69. The Morgan fingerprint density at radius 1 is 1.39 bits per heavy atom. The fourth-order valence-electron chi connectivity index (χ4n) is 2.22. The predicted molar refractivity (Wildman–Crippen MR) is 77.6 cm³/mol. The Bertz CT molecular complexity index is 453. The van der Waals surface area contributed by atoms with Gasteiger partial charge in [0.15, 0.2) is 2.14 Å². The van der Waals surface area contributed by atoms with Gasteiger partial charge in [-0.15, -0.1) is 0 Å². The Morgan fingerprint density at radius 3 is 2.06 bits per heavy atom. The molecule has 0 heterocycles. The zero-order chi connectivity index (χ0) is 14.5. The third-order valence-electron chi connectivity index (χ3n) is 3.10. The number of hydrogen-bond acceptors (Lipinski definition) is 4. The molecule has 1 aliphatic rings. The van der Waals surface area contributed by atoms with Gasteiger partial charge in [-0.25, -0.2) is 0 Å². The second kappa shape index (κ2) is 4.98. The number of rotatable bonds is 4. The van der Waals surface area contributed by atoms with Crippen molar-refractivity contribution < 1.29 is 22.5 Å². The Labute approximate surface area is 131 Å². The summed E-state index contributed by atoms with van der Waals surface area (Å²) < 4.78 is 26.6. The average Bonchev–Trinajstić information content (AvgIpc) is 2.60. The van der Waals surface area contributed by atoms with Crippen LogP contribution < -0.4 is 0 Å². The van der Waals surface area contributed by atoms with Crippen molar-refractivity contribution in [1.82, 2.24) is 0 Å². The molecule has 9 heteroatoms. The fraction of sp³-hybridized carbons (Fsp3) is 0.889. The summed E-state index contributed by atoms with van der Waals surface area (Å²) in [4.78, 5) is 11.1. The van der Waals surface area contributed by atoms with Crippen molar-refractivity contribution in [1.29, 1.82) is 0 Å². The molecule has 0 spiro atoms. The molecule has 0 aliphatic heterocycles. The maximum absolute atomic E-state index is 11.3. The number of halogens is 3. The van der Waals surface area contributed by atoms with E-state index in [1.54, 1.807) is 13.8 Å². The Balaban J connectivity index is 3.05. The SMILES string of the molecule is CC1(C)C(C(=O)O)C1C(OS(C)(=O)=O)C(Br)(Br)Br. The third-order valence-corrected chi connectivity index (χ3v) is 5.01. The minimum Gasteiger partial charge on any atom is -0.481 e. The number of carbonyl (C=O) groups is 1. The van der Waals surface area contributed by atoms with Crippen LogP contribution in [0, 0.1) is 17.3 Å². The highest BCUT2D eigenvalue weighted by Gasteiger charge is 2.68. The lowest BCUT2D eigenvalue weighted by atomic mass is 10.1. The number of alkyl halides is 3. The molecule has 0 radical (unpaired) electrons. The molecule has 18 heavy (non-hydrogen) atoms. The zero-order valence-electron chi connectivity index (χ0n) is 9.85. The Hall–Kier alpha value is 0.820. The molecule has 1 fully saturated rings. The topological polar surface area (TPSA) is 80.7 Å². The smallest absolute Gasteiger partial charge is 0.307 e. The number of carboxylic acids is 1. The summed E-state index contributed by atoms with van der Waals surface area (Å²) in [6, 6.07) is 0. The van der Waals surface area contributed by atoms with Gasteiger partial charge in [-0.1, -0.05) is 61.6 Å². The third kappa shape index (κ3) is 3.68. The van der Waals surface area contributed by atoms with E-state index in [2.05, 4.69) is 47.8 Å². The van der Waals surface area contributed by atoms with E-state index in [4.69, 9.17) is 9.29 Å². The van der Waals surface area contributed by atoms with Gasteiger partial charge in [-0.3, -0.25) is 8.98 Å². The van der Waals surface area contributed by atoms with Gasteiger partial charge in [-0.2, -0.15) is 8.42 Å². The molecule has 1 N–H and O–H groups in total. The van der Waals surface area contributed by atoms with Crippen LogP contribution in [-0.2, 0) is 19.1 Å². The summed E-state index contributed by atoms with van der Waals surface area (Å²) in [6.07, 6.45) is 0.0628. The van der Waals surface area contributed by atoms with Crippen LogP contribution in [0.15, 0.2) is 0 Å². The van der Waals surface area contributed by atoms with Crippen LogP contribution in [-0.4, -0.2) is 34.0 Å². The van der Waals surface area contributed by atoms with E-state index >= 15 is 0 Å². The molecule has 3 unspecified atom stereocenters. The van der Waals surface area contributed by atoms with Gasteiger partial charge >= 0.3 is 5.97 Å². The molecule has 0 aromatic carbocycles. The fourth-order valence-corrected chi connectivity index (χ4v) is 4.37. The number of aliphatic carboxylic acids is 1. The van der Waals surface area contributed by atoms with Crippen molar-refractivity contribution in [3.8, 4) is 0 Å². The second-order valence-corrected chi connectivity index (χ2v) is 13.5. The van der Waals surface area contributed by atoms with E-state index in [1.165, 1.54) is 0 Å². The van der Waals surface area contributed by atoms with Crippen LogP contribution >= 0.6 is 47.8 Å². The van der Waals surface area contributed by atoms with Gasteiger partial charge in [0.05, 0.1) is 12.2 Å². The van der Waals surface area contributed by atoms with E-state index in [0.717, 1.165) is 6.26 Å². The second-order valence-electron chi connectivity index (χ2n) is 4.93. The molecule has 5 nitrogen and oxygen atoms in total. The van der Waals surface area contributed by atoms with Crippen LogP contribution in [0.1, 0.15) is 13.8 Å². The van der Waals surface area contributed by atoms with Gasteiger partial charge in [0.25, 0.3) is 10.1 Å². The first-order valence-electron chi connectivity index (χ1n) is 4.96. The molecule has 0 amide bonds. The Morgan fingerprint density at radius 2 is 1.83 bits per heavy atom. The predicted octanol–water partition coefficient (Wildman–Crippen LogP) is 2.53. The van der Waals surface area contributed by atoms with Gasteiger partial charge in [0, 0.05) is 5.92 Å². The maximum atomic E-state index is 11.3. The summed E-state index contributed by atoms with van der Waals surface area (Å²) in [5, 5.41) is 9.12. The zero-order valence-corrected chi connectivity index (χ0v) is 15.4. The summed E-state index contributed by atoms with van der Waals surface area (Å²) >= 11 is 9.65. The Kier molecular flexibility index (Phi) is 4.67. The van der Waals surface area contributed by atoms with Gasteiger partial charge in [0.1, 0.15) is 6.10 Å². The van der Waals surface area contributed by atoms with Crippen molar-refractivity contribution in [3.63, 3.8) is 0 Å². The quantitative estimate of drug-likeness (QED) is 0.502. The average molecular weight is 473 g/mol. The lowest BCUT2D eigenvalue weighted by Gasteiger charge is -2.25. The van der Waals surface area contributed by atoms with Crippen LogP contribution in [0.2, 0.25) is 0 Å². The molecule has 0 aromatic rings. The number of carboxylic acid groups (broad SMARTS) is 1. The molecular formula is C9H13Br3O5S. The maximum Gasteiger partial charge on any atom is 0.307 e. The molecule has 3 atom stereocenters. The van der Waals surface area contributed by atoms with E-state index < -0.39 is 41.6 Å². The highest BCUT2D eigenvalue weighted by atomic mass is 80.0. The van der Waals surface area contributed by atoms with Crippen molar-refractivity contribution in [2.75, 3.05) is 6.26 Å². The van der Waals surface area contributed by atoms with Gasteiger partial charge in [0.2, 0.25) is 0 Å². The normalized spacial score (nSPS) is 28.8. The monoisotopic (exact) mass is 470 g/mol. The summed E-state index contributed by atoms with van der Waals surface area (Å²) in [6.45, 7) is 3.54. The van der Waals surface area contributed by atoms with E-state index in [1.807, 2.05) is 0 Å². The molecule has 1 saturated carbocycles. The molecule has 0 aromatic heterocycles. The summed E-state index contributed by atoms with van der Waals surface area (Å²) in [7, 11) is -3.69. The van der Waals surface area contributed by atoms with E-state index in [0.29, 0.717) is 0 Å². The summed E-state index contributed by atoms with van der Waals surface area (Å²) in [5.41, 5.74) is -0.526. The first-order valence-corrected chi connectivity index (χ1v) is 9.16. The standard InChI is InChI=1S/C9H13Br3O5S/c1-8(2)4(5(8)7(13)14)6(9(10,11)12)17-18(3,15)16/h4-6H,1-3H3,(H,13,14). The van der Waals surface area contributed by atoms with Crippen molar-refractivity contribution in [2.24, 2.45) is 17.3 Å². The molecule has 1 rings (SSSR count). The van der Waals surface area contributed by atoms with Crippen molar-refractivity contribution in [2.45, 2.75) is 22.1 Å². The van der Waals surface area contributed by atoms with E-state index in [-0.39, 0.29) is 0 Å². The molecule has 106 valence electrons. The lowest BCUT2D eigenvalue weighted by Crippen LogP contribution is -2.34. The highest BCUT2D eigenvalue weighted by Crippen LogP contribution is 2.64. The first-order chi connectivity index (χ1) is 7.78. The molecule has 0 bridgehead atoms. The van der Waals surface area contributed by atoms with Crippen LogP contribution in [0.25, 0.3) is 0 Å². The van der Waals surface area contributed by atoms with Crippen LogP contribution in [0.5, 0.6) is 0 Å². The number of hydrogen-bond donors (Lipinski definition) is 1. The molecule has 0 saturated heterocycles. The first kappa shape index (κ1) is 16.9. The molecule has 1 aliphatic carbocycles. The highest BCUT2D eigenvalue weighted by molar-refractivity contribution is 9.39. The van der Waals surface area contributed by atoms with Crippen LogP contribution in [0.3, 0.4) is 0 Å². The lowest BCUT2D eigenvalue weighted by molar-refractivity contribution is -0.139. The van der Waals surface area contributed by atoms with Crippen molar-refractivity contribution in [3.05, 3.63) is 0 Å². The minimum absolute atomic E-state index is 0.428. The van der Waals surface area contributed by atoms with E-state index in [9.17, 15) is 13.2 Å². The largest absolute Gasteiger partial charge is 0.481 e. The van der Waals surface area contributed by atoms with Crippen LogP contribution in [0.4, 0.5) is 0 Å². The summed E-state index contributed by atoms with van der Waals surface area (Å²) in [5.74, 6) is -2.03. The van der Waals surface area contributed by atoms with Crippen molar-refractivity contribution >= 4 is 63.9 Å².